The highest BCUT2D eigenvalue weighted by Crippen LogP contribution is 2.39. The number of nitrogens with one attached hydrogen (secondary N) is 1. The first kappa shape index (κ1) is 16.3. The number of carbonyl (C=O) groups is 1. The average Bonchev–Trinajstić information content (AvgIpc) is 3.28. The van der Waals surface area contributed by atoms with Gasteiger partial charge in [0.25, 0.3) is 0 Å². The van der Waals surface area contributed by atoms with Gasteiger partial charge in [-0.3, -0.25) is 9.48 Å². The van der Waals surface area contributed by atoms with Crippen molar-refractivity contribution < 1.29 is 4.79 Å². The lowest BCUT2D eigenvalue weighted by atomic mass is 10.3. The fourth-order valence-corrected chi connectivity index (χ4v) is 2.89. The zero-order chi connectivity index (χ0) is 17.9. The summed E-state index contributed by atoms with van der Waals surface area (Å²) in [6, 6.07) is 11.3. The van der Waals surface area contributed by atoms with E-state index in [9.17, 15) is 9.59 Å². The van der Waals surface area contributed by atoms with Gasteiger partial charge in [0.15, 0.2) is 0 Å². The molecule has 1 aromatic carbocycles. The molecule has 0 bridgehead atoms. The molecule has 1 saturated carbocycles. The molecule has 0 aliphatic heterocycles. The van der Waals surface area contributed by atoms with Crippen LogP contribution >= 0.6 is 0 Å². The first-order chi connectivity index (χ1) is 12.7. The molecule has 0 spiro atoms. The molecule has 1 amide bonds. The van der Waals surface area contributed by atoms with Gasteiger partial charge in [-0.05, 0) is 31.0 Å². The van der Waals surface area contributed by atoms with Gasteiger partial charge >= 0.3 is 5.69 Å². The van der Waals surface area contributed by atoms with Gasteiger partial charge in [-0.25, -0.2) is 14.0 Å². The molecule has 8 heteroatoms. The van der Waals surface area contributed by atoms with Crippen LogP contribution in [-0.4, -0.2) is 36.6 Å². The first-order valence-electron chi connectivity index (χ1n) is 8.71. The van der Waals surface area contributed by atoms with E-state index in [1.807, 2.05) is 30.3 Å². The molecular weight excluding hydrogens is 332 g/mol. The lowest BCUT2D eigenvalue weighted by Gasteiger charge is -2.05. The van der Waals surface area contributed by atoms with Crippen LogP contribution in [0.3, 0.4) is 0 Å². The third-order valence-corrected chi connectivity index (χ3v) is 4.33. The van der Waals surface area contributed by atoms with E-state index in [1.165, 1.54) is 4.68 Å². The fraction of sp³-hybridized carbons (Fsp3) is 0.333. The Kier molecular flexibility index (Phi) is 4.39. The minimum atomic E-state index is -0.167. The maximum Gasteiger partial charge on any atom is 0.350 e. The monoisotopic (exact) mass is 352 g/mol. The van der Waals surface area contributed by atoms with Gasteiger partial charge in [0.2, 0.25) is 5.91 Å². The Morgan fingerprint density at radius 1 is 1.19 bits per heavy atom. The lowest BCUT2D eigenvalue weighted by Crippen LogP contribution is -2.33. The van der Waals surface area contributed by atoms with Gasteiger partial charge in [0.1, 0.15) is 12.4 Å². The predicted octanol–water partition coefficient (Wildman–Crippen LogP) is 0.924. The molecule has 2 aromatic heterocycles. The van der Waals surface area contributed by atoms with Gasteiger partial charge in [-0.15, -0.1) is 0 Å². The molecule has 1 aliphatic rings. The number of para-hydroxylation sites is 1. The minimum absolute atomic E-state index is 0.147. The van der Waals surface area contributed by atoms with E-state index in [2.05, 4.69) is 15.5 Å². The molecule has 0 radical (unpaired) electrons. The third-order valence-electron chi connectivity index (χ3n) is 4.33. The van der Waals surface area contributed by atoms with Crippen molar-refractivity contribution in [3.8, 4) is 5.69 Å². The zero-order valence-electron chi connectivity index (χ0n) is 14.3. The van der Waals surface area contributed by atoms with E-state index in [1.54, 1.807) is 27.7 Å². The van der Waals surface area contributed by atoms with Crippen LogP contribution in [0, 0.1) is 0 Å². The summed E-state index contributed by atoms with van der Waals surface area (Å²) in [4.78, 5) is 24.7. The molecule has 0 atom stereocenters. The van der Waals surface area contributed by atoms with Crippen molar-refractivity contribution in [2.24, 2.45) is 0 Å². The second-order valence-electron chi connectivity index (χ2n) is 6.36. The van der Waals surface area contributed by atoms with Gasteiger partial charge in [0.05, 0.1) is 12.2 Å². The van der Waals surface area contributed by atoms with Crippen LogP contribution in [0.1, 0.15) is 24.6 Å². The topological polar surface area (TPSA) is 86.7 Å². The lowest BCUT2D eigenvalue weighted by molar-refractivity contribution is -0.121. The van der Waals surface area contributed by atoms with Crippen molar-refractivity contribution in [3.05, 3.63) is 65.1 Å². The number of benzene rings is 1. The van der Waals surface area contributed by atoms with Crippen molar-refractivity contribution >= 4 is 5.91 Å². The molecule has 1 N–H and O–H groups in total. The largest absolute Gasteiger partial charge is 0.353 e. The summed E-state index contributed by atoms with van der Waals surface area (Å²) in [5.41, 5.74) is 0.660. The van der Waals surface area contributed by atoms with Gasteiger partial charge in [0, 0.05) is 24.9 Å². The molecule has 1 fully saturated rings. The number of hydrogen-bond acceptors (Lipinski definition) is 4. The second kappa shape index (κ2) is 6.99. The van der Waals surface area contributed by atoms with Crippen molar-refractivity contribution in [1.82, 2.24) is 29.4 Å². The van der Waals surface area contributed by atoms with Gasteiger partial charge < -0.3 is 5.32 Å². The predicted molar refractivity (Wildman–Crippen MR) is 95.0 cm³/mol. The molecule has 0 unspecified atom stereocenters. The quantitative estimate of drug-likeness (QED) is 0.685. The van der Waals surface area contributed by atoms with Crippen molar-refractivity contribution in [1.29, 1.82) is 0 Å². The van der Waals surface area contributed by atoms with Crippen LogP contribution in [0.5, 0.6) is 0 Å². The van der Waals surface area contributed by atoms with Crippen LogP contribution in [0.15, 0.2) is 53.6 Å². The Morgan fingerprint density at radius 3 is 2.69 bits per heavy atom. The molecule has 3 aromatic rings. The molecule has 1 aliphatic carbocycles. The molecular formula is C18H20N6O2. The molecule has 134 valence electrons. The van der Waals surface area contributed by atoms with Crippen molar-refractivity contribution in [2.45, 2.75) is 31.8 Å². The molecule has 8 nitrogen and oxygen atoms in total. The zero-order valence-corrected chi connectivity index (χ0v) is 14.3. The van der Waals surface area contributed by atoms with E-state index in [4.69, 9.17) is 0 Å². The molecule has 26 heavy (non-hydrogen) atoms. The van der Waals surface area contributed by atoms with Crippen LogP contribution in [0.25, 0.3) is 5.69 Å². The average molecular weight is 352 g/mol. The smallest absolute Gasteiger partial charge is 0.350 e. The van der Waals surface area contributed by atoms with E-state index < -0.39 is 0 Å². The van der Waals surface area contributed by atoms with Crippen LogP contribution < -0.4 is 11.0 Å². The number of rotatable bonds is 7. The number of aromatic nitrogens is 5. The highest BCUT2D eigenvalue weighted by Gasteiger charge is 2.31. The number of carbonyl (C=O) groups excluding carboxylic acids is 1. The SMILES string of the molecule is O=C(Cn1cccn1)NCCn1nc(C2CC2)n(-c2ccccc2)c1=O. The summed E-state index contributed by atoms with van der Waals surface area (Å²) in [6.45, 7) is 0.840. The number of hydrogen-bond donors (Lipinski definition) is 1. The fourth-order valence-electron chi connectivity index (χ4n) is 2.89. The molecule has 2 heterocycles. The summed E-state index contributed by atoms with van der Waals surface area (Å²) in [5.74, 6) is 1.01. The third kappa shape index (κ3) is 3.44. The summed E-state index contributed by atoms with van der Waals surface area (Å²) >= 11 is 0. The summed E-state index contributed by atoms with van der Waals surface area (Å²) < 4.78 is 4.68. The first-order valence-corrected chi connectivity index (χ1v) is 8.71. The number of amides is 1. The Bertz CT molecular complexity index is 938. The Balaban J connectivity index is 1.45. The maximum atomic E-state index is 12.8. The molecule has 4 rings (SSSR count). The minimum Gasteiger partial charge on any atom is -0.353 e. The van der Waals surface area contributed by atoms with Crippen molar-refractivity contribution in [3.63, 3.8) is 0 Å². The standard InChI is InChI=1S/C18H20N6O2/c25-16(13-22-11-4-9-20-22)19-10-12-23-18(26)24(15-5-2-1-3-6-15)17(21-23)14-7-8-14/h1-6,9,11,14H,7-8,10,12-13H2,(H,19,25). The maximum absolute atomic E-state index is 12.8. The van der Waals surface area contributed by atoms with Gasteiger partial charge in [-0.2, -0.15) is 10.2 Å². The number of nitrogens with zero attached hydrogens (tertiary/aromatic N) is 5. The summed E-state index contributed by atoms with van der Waals surface area (Å²) in [6.07, 6.45) is 5.48. The van der Waals surface area contributed by atoms with E-state index in [0.717, 1.165) is 24.4 Å². The van der Waals surface area contributed by atoms with E-state index in [-0.39, 0.29) is 18.1 Å². The summed E-state index contributed by atoms with van der Waals surface area (Å²) in [7, 11) is 0. The Morgan fingerprint density at radius 2 is 2.00 bits per heavy atom. The van der Waals surface area contributed by atoms with Crippen molar-refractivity contribution in [2.75, 3.05) is 6.54 Å². The highest BCUT2D eigenvalue weighted by molar-refractivity contribution is 5.75. The van der Waals surface area contributed by atoms with Crippen LogP contribution in [-0.2, 0) is 17.9 Å². The van der Waals surface area contributed by atoms with E-state index >= 15 is 0 Å². The van der Waals surface area contributed by atoms with Gasteiger partial charge in [-0.1, -0.05) is 18.2 Å². The molecule has 0 saturated heterocycles. The Hall–Kier alpha value is -3.16. The normalized spacial score (nSPS) is 13.7. The second-order valence-corrected chi connectivity index (χ2v) is 6.36. The highest BCUT2D eigenvalue weighted by atomic mass is 16.2. The Labute approximate surface area is 150 Å². The van der Waals surface area contributed by atoms with Crippen LogP contribution in [0.2, 0.25) is 0 Å². The van der Waals surface area contributed by atoms with Crippen LogP contribution in [0.4, 0.5) is 0 Å². The summed E-state index contributed by atoms with van der Waals surface area (Å²) in [5, 5.41) is 11.3. The van der Waals surface area contributed by atoms with E-state index in [0.29, 0.717) is 19.0 Å².